The van der Waals surface area contributed by atoms with Crippen molar-refractivity contribution in [1.82, 2.24) is 20.1 Å². The van der Waals surface area contributed by atoms with E-state index in [2.05, 4.69) is 25.0 Å². The molecule has 0 saturated carbocycles. The molecule has 0 aromatic carbocycles. The first kappa shape index (κ1) is 14.6. The minimum atomic E-state index is 0.117. The zero-order chi connectivity index (χ0) is 16.4. The highest BCUT2D eigenvalue weighted by molar-refractivity contribution is 5.70. The summed E-state index contributed by atoms with van der Waals surface area (Å²) >= 11 is 0. The molecule has 3 aromatic rings. The summed E-state index contributed by atoms with van der Waals surface area (Å²) in [5.41, 5.74) is 0.850. The van der Waals surface area contributed by atoms with E-state index >= 15 is 0 Å². The summed E-state index contributed by atoms with van der Waals surface area (Å²) in [5, 5.41) is 3.87. The van der Waals surface area contributed by atoms with E-state index in [1.807, 2.05) is 24.3 Å². The monoisotopic (exact) mass is 323 g/mol. The smallest absolute Gasteiger partial charge is 0.261 e. The Hall–Kier alpha value is -2.96. The van der Waals surface area contributed by atoms with Gasteiger partial charge in [-0.25, -0.2) is 4.98 Å². The molecule has 0 radical (unpaired) electrons. The molecule has 0 aliphatic carbocycles. The molecule has 4 rings (SSSR count). The van der Waals surface area contributed by atoms with Crippen LogP contribution >= 0.6 is 0 Å². The van der Waals surface area contributed by atoms with Crippen LogP contribution in [0.1, 0.15) is 12.2 Å². The Morgan fingerprint density at radius 2 is 2.08 bits per heavy atom. The molecule has 7 nitrogen and oxygen atoms in total. The van der Waals surface area contributed by atoms with Crippen molar-refractivity contribution in [1.29, 1.82) is 0 Å². The van der Waals surface area contributed by atoms with Crippen molar-refractivity contribution in [3.8, 4) is 17.2 Å². The molecule has 4 heterocycles. The molecule has 24 heavy (non-hydrogen) atoms. The van der Waals surface area contributed by atoms with E-state index in [1.165, 1.54) is 0 Å². The Morgan fingerprint density at radius 3 is 2.88 bits per heavy atom. The van der Waals surface area contributed by atoms with Gasteiger partial charge in [0.25, 0.3) is 5.89 Å². The zero-order valence-corrected chi connectivity index (χ0v) is 13.3. The quantitative estimate of drug-likeness (QED) is 0.730. The molecule has 1 aliphatic rings. The average Bonchev–Trinajstić information content (AvgIpc) is 3.25. The minimum Gasteiger partial charge on any atom is -0.488 e. The summed E-state index contributed by atoms with van der Waals surface area (Å²) in [5.74, 6) is 2.79. The number of rotatable bonds is 4. The van der Waals surface area contributed by atoms with Crippen LogP contribution in [0.15, 0.2) is 47.4 Å². The third-order valence-electron chi connectivity index (χ3n) is 3.94. The van der Waals surface area contributed by atoms with Gasteiger partial charge in [-0.1, -0.05) is 5.16 Å². The lowest BCUT2D eigenvalue weighted by Crippen LogP contribution is -2.25. The van der Waals surface area contributed by atoms with Gasteiger partial charge in [0.15, 0.2) is 5.82 Å². The summed E-state index contributed by atoms with van der Waals surface area (Å²) in [6.07, 6.45) is 6.29. The molecule has 1 atom stereocenters. The highest BCUT2D eigenvalue weighted by Crippen LogP contribution is 2.30. The molecule has 1 aliphatic heterocycles. The number of anilines is 1. The van der Waals surface area contributed by atoms with Crippen LogP contribution < -0.4 is 9.64 Å². The van der Waals surface area contributed by atoms with Gasteiger partial charge in [0.2, 0.25) is 0 Å². The summed E-state index contributed by atoms with van der Waals surface area (Å²) in [4.78, 5) is 15.0. The topological polar surface area (TPSA) is 77.2 Å². The summed E-state index contributed by atoms with van der Waals surface area (Å²) in [6.45, 7) is 3.43. The second-order valence-corrected chi connectivity index (χ2v) is 5.68. The lowest BCUT2D eigenvalue weighted by Gasteiger charge is -2.19. The molecule has 0 spiro atoms. The first-order valence-electron chi connectivity index (χ1n) is 7.87. The third-order valence-corrected chi connectivity index (χ3v) is 3.94. The van der Waals surface area contributed by atoms with E-state index in [1.54, 1.807) is 25.5 Å². The van der Waals surface area contributed by atoms with Gasteiger partial charge in [0.1, 0.15) is 17.7 Å². The third kappa shape index (κ3) is 2.92. The highest BCUT2D eigenvalue weighted by atomic mass is 16.5. The molecule has 7 heteroatoms. The van der Waals surface area contributed by atoms with E-state index in [0.29, 0.717) is 11.7 Å². The van der Waals surface area contributed by atoms with Crippen LogP contribution in [0.3, 0.4) is 0 Å². The Morgan fingerprint density at radius 1 is 1.21 bits per heavy atom. The number of ether oxygens (including phenoxy) is 1. The van der Waals surface area contributed by atoms with Gasteiger partial charge in [-0.3, -0.25) is 4.98 Å². The fourth-order valence-corrected chi connectivity index (χ4v) is 2.85. The van der Waals surface area contributed by atoms with Crippen molar-refractivity contribution in [2.24, 2.45) is 0 Å². The summed E-state index contributed by atoms with van der Waals surface area (Å²) < 4.78 is 11.3. The van der Waals surface area contributed by atoms with Crippen LogP contribution in [0.4, 0.5) is 5.82 Å². The molecular weight excluding hydrogens is 306 g/mol. The second kappa shape index (κ2) is 6.27. The maximum Gasteiger partial charge on any atom is 0.261 e. The van der Waals surface area contributed by atoms with E-state index in [4.69, 9.17) is 9.26 Å². The Bertz CT molecular complexity index is 821. The van der Waals surface area contributed by atoms with Gasteiger partial charge in [0.05, 0.1) is 12.1 Å². The molecule has 0 unspecified atom stereocenters. The molecule has 0 N–H and O–H groups in total. The number of pyridine rings is 2. The maximum atomic E-state index is 6.02. The van der Waals surface area contributed by atoms with Crippen LogP contribution in [0.5, 0.6) is 5.75 Å². The van der Waals surface area contributed by atoms with Crippen LogP contribution in [0.25, 0.3) is 11.5 Å². The number of hydrogen-bond donors (Lipinski definition) is 0. The highest BCUT2D eigenvalue weighted by Gasteiger charge is 2.27. The van der Waals surface area contributed by atoms with Gasteiger partial charge < -0.3 is 14.2 Å². The minimum absolute atomic E-state index is 0.117. The van der Waals surface area contributed by atoms with Crippen LogP contribution in [0.2, 0.25) is 0 Å². The predicted molar refractivity (Wildman–Crippen MR) is 87.7 cm³/mol. The first-order valence-corrected chi connectivity index (χ1v) is 7.87. The number of aryl methyl sites for hydroxylation is 1. The molecule has 1 fully saturated rings. The number of aromatic nitrogens is 4. The average molecular weight is 323 g/mol. The van der Waals surface area contributed by atoms with Crippen molar-refractivity contribution >= 4 is 5.82 Å². The lowest BCUT2D eigenvalue weighted by molar-refractivity contribution is 0.224. The fraction of sp³-hybridized carbons (Fsp3) is 0.294. The molecule has 0 amide bonds. The Labute approximate surface area is 139 Å². The zero-order valence-electron chi connectivity index (χ0n) is 13.3. The molecule has 3 aromatic heterocycles. The predicted octanol–water partition coefficient (Wildman–Crippen LogP) is 2.49. The largest absolute Gasteiger partial charge is 0.488 e. The lowest BCUT2D eigenvalue weighted by atomic mass is 10.2. The van der Waals surface area contributed by atoms with Crippen LogP contribution in [0, 0.1) is 6.92 Å². The first-order chi connectivity index (χ1) is 11.8. The molecule has 0 bridgehead atoms. The second-order valence-electron chi connectivity index (χ2n) is 5.68. The molecule has 1 saturated heterocycles. The van der Waals surface area contributed by atoms with E-state index in [9.17, 15) is 0 Å². The fourth-order valence-electron chi connectivity index (χ4n) is 2.85. The van der Waals surface area contributed by atoms with Crippen LogP contribution in [-0.4, -0.2) is 39.3 Å². The van der Waals surface area contributed by atoms with Crippen molar-refractivity contribution in [3.63, 3.8) is 0 Å². The van der Waals surface area contributed by atoms with Crippen molar-refractivity contribution in [3.05, 3.63) is 48.7 Å². The van der Waals surface area contributed by atoms with Crippen molar-refractivity contribution in [2.45, 2.75) is 19.4 Å². The Balaban J connectivity index is 1.53. The summed E-state index contributed by atoms with van der Waals surface area (Å²) in [6, 6.07) is 7.57. The van der Waals surface area contributed by atoms with Crippen molar-refractivity contribution in [2.75, 3.05) is 18.0 Å². The maximum absolute atomic E-state index is 6.02. The van der Waals surface area contributed by atoms with Gasteiger partial charge in [-0.05, 0) is 31.2 Å². The van der Waals surface area contributed by atoms with Gasteiger partial charge >= 0.3 is 0 Å². The number of nitrogens with zero attached hydrogens (tertiary/aromatic N) is 5. The Kier molecular flexibility index (Phi) is 3.82. The molecule has 122 valence electrons. The standard InChI is InChI=1S/C17H17N5O2/c1-12-20-17(24-21-12)15-3-2-7-19-16(15)22-10-6-14(11-22)23-13-4-8-18-9-5-13/h2-5,7-9,14H,6,10-11H2,1H3/t14-/m1/s1. The van der Waals surface area contributed by atoms with E-state index in [-0.39, 0.29) is 6.10 Å². The van der Waals surface area contributed by atoms with Gasteiger partial charge in [-0.2, -0.15) is 4.98 Å². The van der Waals surface area contributed by atoms with E-state index in [0.717, 1.165) is 36.6 Å². The van der Waals surface area contributed by atoms with E-state index < -0.39 is 0 Å². The van der Waals surface area contributed by atoms with Crippen LogP contribution in [-0.2, 0) is 0 Å². The summed E-state index contributed by atoms with van der Waals surface area (Å²) in [7, 11) is 0. The van der Waals surface area contributed by atoms with Gasteiger partial charge in [-0.15, -0.1) is 0 Å². The van der Waals surface area contributed by atoms with Gasteiger partial charge in [0, 0.05) is 31.6 Å². The molecular formula is C17H17N5O2. The number of hydrogen-bond acceptors (Lipinski definition) is 7. The SMILES string of the molecule is Cc1noc(-c2cccnc2N2CC[C@@H](Oc3ccncc3)C2)n1. The normalized spacial score (nSPS) is 17.2. The van der Waals surface area contributed by atoms with Crippen molar-refractivity contribution < 1.29 is 9.26 Å².